The maximum absolute atomic E-state index is 13.0. The molecule has 2 heterocycles. The first kappa shape index (κ1) is 17.0. The minimum atomic E-state index is -0.509. The topological polar surface area (TPSA) is 54.8 Å². The van der Waals surface area contributed by atoms with Crippen molar-refractivity contribution in [3.8, 4) is 0 Å². The van der Waals surface area contributed by atoms with Crippen LogP contribution < -0.4 is 4.90 Å². The molecule has 1 fully saturated rings. The van der Waals surface area contributed by atoms with Crippen LogP contribution in [0.25, 0.3) is 0 Å². The number of carbonyl (C=O) groups is 2. The van der Waals surface area contributed by atoms with Crippen molar-refractivity contribution in [2.24, 2.45) is 7.05 Å². The fourth-order valence-electron chi connectivity index (χ4n) is 2.83. The minimum absolute atomic E-state index is 0.207. The molecule has 0 saturated carbocycles. The van der Waals surface area contributed by atoms with Gasteiger partial charge in [0.05, 0.1) is 0 Å². The zero-order valence-corrected chi connectivity index (χ0v) is 14.0. The van der Waals surface area contributed by atoms with Gasteiger partial charge in [-0.05, 0) is 36.4 Å². The van der Waals surface area contributed by atoms with Crippen LogP contribution in [-0.4, -0.2) is 54.1 Å². The van der Waals surface area contributed by atoms with Gasteiger partial charge in [-0.25, -0.2) is 9.18 Å². The van der Waals surface area contributed by atoms with Crippen LogP contribution in [0.3, 0.4) is 0 Å². The van der Waals surface area contributed by atoms with E-state index in [1.54, 1.807) is 47.0 Å². The number of aryl methyl sites for hydroxylation is 1. The average Bonchev–Trinajstić information content (AvgIpc) is 3.06. The van der Waals surface area contributed by atoms with Crippen molar-refractivity contribution in [3.05, 3.63) is 54.1 Å². The van der Waals surface area contributed by atoms with Gasteiger partial charge in [-0.15, -0.1) is 0 Å². The van der Waals surface area contributed by atoms with Gasteiger partial charge < -0.3 is 19.1 Å². The molecule has 0 atom stereocenters. The van der Waals surface area contributed by atoms with E-state index in [-0.39, 0.29) is 18.3 Å². The number of hydrogen-bond acceptors (Lipinski definition) is 4. The SMILES string of the molecule is Cn1cccc1C(=O)OCC(=O)N1CCN(c2ccc(F)cc2)CC1. The van der Waals surface area contributed by atoms with Gasteiger partial charge in [-0.2, -0.15) is 0 Å². The van der Waals surface area contributed by atoms with E-state index in [2.05, 4.69) is 4.90 Å². The number of esters is 1. The van der Waals surface area contributed by atoms with Crippen LogP contribution in [0.2, 0.25) is 0 Å². The monoisotopic (exact) mass is 345 g/mol. The molecule has 6 nitrogen and oxygen atoms in total. The number of nitrogens with zero attached hydrogens (tertiary/aromatic N) is 3. The molecular formula is C18H20FN3O3. The second kappa shape index (κ2) is 7.38. The van der Waals surface area contributed by atoms with Crippen LogP contribution >= 0.6 is 0 Å². The Morgan fingerprint density at radius 3 is 2.36 bits per heavy atom. The van der Waals surface area contributed by atoms with Gasteiger partial charge in [0.15, 0.2) is 6.61 Å². The third-order valence-electron chi connectivity index (χ3n) is 4.30. The molecule has 132 valence electrons. The first-order chi connectivity index (χ1) is 12.0. The van der Waals surface area contributed by atoms with Crippen molar-refractivity contribution in [2.75, 3.05) is 37.7 Å². The summed E-state index contributed by atoms with van der Waals surface area (Å²) in [6.07, 6.45) is 1.74. The van der Waals surface area contributed by atoms with Crippen molar-refractivity contribution < 1.29 is 18.7 Å². The fourth-order valence-corrected chi connectivity index (χ4v) is 2.83. The molecule has 0 bridgehead atoms. The number of ether oxygens (including phenoxy) is 1. The van der Waals surface area contributed by atoms with E-state index in [0.29, 0.717) is 31.9 Å². The molecule has 1 amide bonds. The summed E-state index contributed by atoms with van der Waals surface area (Å²) in [6, 6.07) is 9.70. The quantitative estimate of drug-likeness (QED) is 0.791. The van der Waals surface area contributed by atoms with E-state index in [9.17, 15) is 14.0 Å². The summed E-state index contributed by atoms with van der Waals surface area (Å²) < 4.78 is 19.7. The second-order valence-electron chi connectivity index (χ2n) is 5.92. The standard InChI is InChI=1S/C18H20FN3O3/c1-20-8-2-3-16(20)18(24)25-13-17(23)22-11-9-21(10-12-22)15-6-4-14(19)5-7-15/h2-8H,9-13H2,1H3. The highest BCUT2D eigenvalue weighted by Gasteiger charge is 2.22. The predicted octanol–water partition coefficient (Wildman–Crippen LogP) is 1.67. The predicted molar refractivity (Wildman–Crippen MR) is 90.9 cm³/mol. The van der Waals surface area contributed by atoms with Crippen molar-refractivity contribution in [2.45, 2.75) is 0 Å². The molecule has 0 N–H and O–H groups in total. The molecule has 0 unspecified atom stereocenters. The lowest BCUT2D eigenvalue weighted by Crippen LogP contribution is -2.49. The number of anilines is 1. The number of aromatic nitrogens is 1. The molecular weight excluding hydrogens is 325 g/mol. The number of hydrogen-bond donors (Lipinski definition) is 0. The first-order valence-corrected chi connectivity index (χ1v) is 8.11. The van der Waals surface area contributed by atoms with Gasteiger partial charge in [0, 0.05) is 45.1 Å². The lowest BCUT2D eigenvalue weighted by atomic mass is 10.2. The lowest BCUT2D eigenvalue weighted by molar-refractivity contribution is -0.134. The fraction of sp³-hybridized carbons (Fsp3) is 0.333. The Hall–Kier alpha value is -2.83. The van der Waals surface area contributed by atoms with Crippen LogP contribution in [0.4, 0.5) is 10.1 Å². The highest BCUT2D eigenvalue weighted by Crippen LogP contribution is 2.17. The van der Waals surface area contributed by atoms with Gasteiger partial charge in [-0.1, -0.05) is 0 Å². The summed E-state index contributed by atoms with van der Waals surface area (Å²) in [4.78, 5) is 27.9. The van der Waals surface area contributed by atoms with E-state index in [1.165, 1.54) is 12.1 Å². The molecule has 0 aliphatic carbocycles. The molecule has 1 aromatic carbocycles. The Labute approximate surface area is 145 Å². The number of amides is 1. The van der Waals surface area contributed by atoms with Crippen molar-refractivity contribution in [3.63, 3.8) is 0 Å². The molecule has 1 aromatic heterocycles. The van der Waals surface area contributed by atoms with Gasteiger partial charge >= 0.3 is 5.97 Å². The summed E-state index contributed by atoms with van der Waals surface area (Å²) in [6.45, 7) is 2.13. The van der Waals surface area contributed by atoms with Crippen LogP contribution in [-0.2, 0) is 16.6 Å². The normalized spacial score (nSPS) is 14.5. The lowest BCUT2D eigenvalue weighted by Gasteiger charge is -2.36. The maximum Gasteiger partial charge on any atom is 0.355 e. The largest absolute Gasteiger partial charge is 0.451 e. The Morgan fingerprint density at radius 1 is 1.08 bits per heavy atom. The van der Waals surface area contributed by atoms with E-state index in [4.69, 9.17) is 4.74 Å². The van der Waals surface area contributed by atoms with Crippen molar-refractivity contribution in [1.82, 2.24) is 9.47 Å². The summed E-state index contributed by atoms with van der Waals surface area (Å²) in [5, 5.41) is 0. The third kappa shape index (κ3) is 3.99. The Balaban J connectivity index is 1.47. The number of benzene rings is 1. The summed E-state index contributed by atoms with van der Waals surface area (Å²) >= 11 is 0. The van der Waals surface area contributed by atoms with E-state index >= 15 is 0 Å². The second-order valence-corrected chi connectivity index (χ2v) is 5.92. The van der Waals surface area contributed by atoms with Crippen LogP contribution in [0, 0.1) is 5.82 Å². The molecule has 0 spiro atoms. The van der Waals surface area contributed by atoms with Crippen molar-refractivity contribution >= 4 is 17.6 Å². The molecule has 25 heavy (non-hydrogen) atoms. The number of piperazine rings is 1. The molecule has 1 saturated heterocycles. The van der Waals surface area contributed by atoms with Crippen LogP contribution in [0.1, 0.15) is 10.5 Å². The van der Waals surface area contributed by atoms with E-state index in [0.717, 1.165) is 5.69 Å². The smallest absolute Gasteiger partial charge is 0.355 e. The number of halogens is 1. The number of rotatable bonds is 4. The van der Waals surface area contributed by atoms with Gasteiger partial charge in [0.2, 0.25) is 0 Å². The molecule has 2 aromatic rings. The Morgan fingerprint density at radius 2 is 1.76 bits per heavy atom. The maximum atomic E-state index is 13.0. The zero-order chi connectivity index (χ0) is 17.8. The first-order valence-electron chi connectivity index (χ1n) is 8.11. The average molecular weight is 345 g/mol. The molecule has 0 radical (unpaired) electrons. The van der Waals surface area contributed by atoms with Crippen LogP contribution in [0.5, 0.6) is 0 Å². The third-order valence-corrected chi connectivity index (χ3v) is 4.30. The molecule has 1 aliphatic rings. The summed E-state index contributed by atoms with van der Waals surface area (Å²) in [5.41, 5.74) is 1.34. The highest BCUT2D eigenvalue weighted by molar-refractivity contribution is 5.90. The Kier molecular flexibility index (Phi) is 5.02. The van der Waals surface area contributed by atoms with Gasteiger partial charge in [0.1, 0.15) is 11.5 Å². The summed E-state index contributed by atoms with van der Waals surface area (Å²) in [5.74, 6) is -0.982. The molecule has 1 aliphatic heterocycles. The van der Waals surface area contributed by atoms with Gasteiger partial charge in [-0.3, -0.25) is 4.79 Å². The molecule has 3 rings (SSSR count). The Bertz CT molecular complexity index is 749. The number of carbonyl (C=O) groups excluding carboxylic acids is 2. The van der Waals surface area contributed by atoms with E-state index in [1.807, 2.05) is 0 Å². The summed E-state index contributed by atoms with van der Waals surface area (Å²) in [7, 11) is 1.74. The zero-order valence-electron chi connectivity index (χ0n) is 14.0. The minimum Gasteiger partial charge on any atom is -0.451 e. The van der Waals surface area contributed by atoms with E-state index < -0.39 is 5.97 Å². The highest BCUT2D eigenvalue weighted by atomic mass is 19.1. The van der Waals surface area contributed by atoms with Crippen LogP contribution in [0.15, 0.2) is 42.6 Å². The molecule has 7 heteroatoms. The van der Waals surface area contributed by atoms with Gasteiger partial charge in [0.25, 0.3) is 5.91 Å². The van der Waals surface area contributed by atoms with Crippen molar-refractivity contribution in [1.29, 1.82) is 0 Å².